The normalized spacial score (nSPS) is 20.6. The summed E-state index contributed by atoms with van der Waals surface area (Å²) in [7, 11) is -3.51. The molecule has 0 saturated carbocycles. The largest absolute Gasteiger partial charge is 0.290 e. The number of benzene rings is 2. The Morgan fingerprint density at radius 3 is 2.18 bits per heavy atom. The number of nitrogens with zero attached hydrogens (tertiary/aromatic N) is 1. The highest BCUT2D eigenvalue weighted by atomic mass is 32.2. The summed E-state index contributed by atoms with van der Waals surface area (Å²) in [5, 5.41) is -0.956. The van der Waals surface area contributed by atoms with Gasteiger partial charge in [-0.25, -0.2) is 8.42 Å². The van der Waals surface area contributed by atoms with Crippen molar-refractivity contribution in [2.45, 2.75) is 5.37 Å². The summed E-state index contributed by atoms with van der Waals surface area (Å²) in [5.74, 6) is -0.847. The second-order valence-electron chi connectivity index (χ2n) is 5.07. The standard InChI is InChI=1S/C17H15NO3S/c19-16-13-22(20,21)17(12-11-14-7-3-1-4-8-14)18(16)15-9-5-2-6-10-15/h1-12,17H,13H2/b12-11+. The van der Waals surface area contributed by atoms with Gasteiger partial charge in [0.1, 0.15) is 5.75 Å². The first-order valence-electron chi connectivity index (χ1n) is 6.90. The molecule has 0 radical (unpaired) electrons. The number of hydrogen-bond acceptors (Lipinski definition) is 3. The number of sulfone groups is 1. The highest BCUT2D eigenvalue weighted by Crippen LogP contribution is 2.27. The molecule has 1 atom stereocenters. The molecule has 1 saturated heterocycles. The molecule has 0 aromatic heterocycles. The van der Waals surface area contributed by atoms with Crippen molar-refractivity contribution in [3.63, 3.8) is 0 Å². The molecule has 0 aliphatic carbocycles. The molecule has 112 valence electrons. The van der Waals surface area contributed by atoms with Gasteiger partial charge in [-0.3, -0.25) is 9.69 Å². The van der Waals surface area contributed by atoms with Gasteiger partial charge in [-0.1, -0.05) is 54.6 Å². The SMILES string of the molecule is O=C1CS(=O)(=O)C(/C=C/c2ccccc2)N1c1ccccc1. The summed E-state index contributed by atoms with van der Waals surface area (Å²) in [6.45, 7) is 0. The molecule has 3 rings (SSSR count). The van der Waals surface area contributed by atoms with Crippen molar-refractivity contribution in [3.8, 4) is 0 Å². The first-order valence-corrected chi connectivity index (χ1v) is 8.61. The first kappa shape index (κ1) is 14.5. The molecule has 22 heavy (non-hydrogen) atoms. The predicted octanol–water partition coefficient (Wildman–Crippen LogP) is 2.49. The van der Waals surface area contributed by atoms with Gasteiger partial charge in [-0.2, -0.15) is 0 Å². The van der Waals surface area contributed by atoms with Crippen LogP contribution in [0.3, 0.4) is 0 Å². The van der Waals surface area contributed by atoms with Gasteiger partial charge in [0.05, 0.1) is 0 Å². The van der Waals surface area contributed by atoms with E-state index in [4.69, 9.17) is 0 Å². The third kappa shape index (κ3) is 2.80. The molecule has 0 spiro atoms. The highest BCUT2D eigenvalue weighted by Gasteiger charge is 2.43. The van der Waals surface area contributed by atoms with Gasteiger partial charge in [-0.15, -0.1) is 0 Å². The molecule has 1 unspecified atom stereocenters. The van der Waals surface area contributed by atoms with Gasteiger partial charge in [0.2, 0.25) is 5.91 Å². The van der Waals surface area contributed by atoms with Crippen LogP contribution in [0, 0.1) is 0 Å². The van der Waals surface area contributed by atoms with E-state index in [0.717, 1.165) is 5.56 Å². The van der Waals surface area contributed by atoms with Crippen LogP contribution >= 0.6 is 0 Å². The lowest BCUT2D eigenvalue weighted by atomic mass is 10.2. The minimum Gasteiger partial charge on any atom is -0.290 e. The molecular formula is C17H15NO3S. The van der Waals surface area contributed by atoms with Crippen molar-refractivity contribution in [1.29, 1.82) is 0 Å². The molecule has 1 heterocycles. The summed E-state index contributed by atoms with van der Waals surface area (Å²) >= 11 is 0. The lowest BCUT2D eigenvalue weighted by molar-refractivity contribution is -0.115. The van der Waals surface area contributed by atoms with E-state index in [-0.39, 0.29) is 0 Å². The fourth-order valence-electron chi connectivity index (χ4n) is 2.47. The second-order valence-corrected chi connectivity index (χ2v) is 7.16. The Morgan fingerprint density at radius 2 is 1.55 bits per heavy atom. The number of anilines is 1. The highest BCUT2D eigenvalue weighted by molar-refractivity contribution is 7.93. The van der Waals surface area contributed by atoms with Gasteiger partial charge >= 0.3 is 0 Å². The molecular weight excluding hydrogens is 298 g/mol. The average molecular weight is 313 g/mol. The maximum atomic E-state index is 12.3. The monoisotopic (exact) mass is 313 g/mol. The van der Waals surface area contributed by atoms with E-state index in [1.54, 1.807) is 36.4 Å². The first-order chi connectivity index (χ1) is 10.6. The summed E-state index contributed by atoms with van der Waals surface area (Å²) < 4.78 is 24.5. The van der Waals surface area contributed by atoms with Crippen LogP contribution in [0.1, 0.15) is 5.56 Å². The quantitative estimate of drug-likeness (QED) is 0.875. The molecule has 1 amide bonds. The number of rotatable bonds is 3. The van der Waals surface area contributed by atoms with E-state index in [9.17, 15) is 13.2 Å². The minimum absolute atomic E-state index is 0.395. The zero-order valence-corrected chi connectivity index (χ0v) is 12.6. The van der Waals surface area contributed by atoms with Crippen molar-refractivity contribution >= 4 is 27.5 Å². The molecule has 0 N–H and O–H groups in total. The number of carbonyl (C=O) groups is 1. The van der Waals surface area contributed by atoms with Gasteiger partial charge in [0.25, 0.3) is 0 Å². The lowest BCUT2D eigenvalue weighted by Crippen LogP contribution is -2.33. The smallest absolute Gasteiger partial charge is 0.243 e. The summed E-state index contributed by atoms with van der Waals surface area (Å²) in [6.07, 6.45) is 3.30. The topological polar surface area (TPSA) is 54.5 Å². The van der Waals surface area contributed by atoms with Crippen LogP contribution in [0.4, 0.5) is 5.69 Å². The molecule has 1 fully saturated rings. The fourth-order valence-corrected chi connectivity index (χ4v) is 4.00. The van der Waals surface area contributed by atoms with Crippen LogP contribution in [0.25, 0.3) is 6.08 Å². The van der Waals surface area contributed by atoms with E-state index in [1.807, 2.05) is 36.4 Å². The van der Waals surface area contributed by atoms with Crippen molar-refractivity contribution in [1.82, 2.24) is 0 Å². The van der Waals surface area contributed by atoms with Crippen LogP contribution < -0.4 is 4.90 Å². The second kappa shape index (κ2) is 5.77. The Hall–Kier alpha value is -2.40. The van der Waals surface area contributed by atoms with E-state index in [2.05, 4.69) is 0 Å². The molecule has 2 aromatic carbocycles. The summed E-state index contributed by atoms with van der Waals surface area (Å²) in [4.78, 5) is 13.5. The Morgan fingerprint density at radius 1 is 0.955 bits per heavy atom. The van der Waals surface area contributed by atoms with Crippen molar-refractivity contribution in [3.05, 3.63) is 72.3 Å². The van der Waals surface area contributed by atoms with Gasteiger partial charge in [0, 0.05) is 5.69 Å². The number of carbonyl (C=O) groups excluding carboxylic acids is 1. The van der Waals surface area contributed by atoms with Crippen molar-refractivity contribution < 1.29 is 13.2 Å². The molecule has 4 nitrogen and oxygen atoms in total. The third-order valence-electron chi connectivity index (χ3n) is 3.50. The molecule has 1 aliphatic rings. The fraction of sp³-hybridized carbons (Fsp3) is 0.118. The van der Waals surface area contributed by atoms with Crippen LogP contribution in [-0.2, 0) is 14.6 Å². The maximum Gasteiger partial charge on any atom is 0.243 e. The van der Waals surface area contributed by atoms with Crippen molar-refractivity contribution in [2.24, 2.45) is 0 Å². The lowest BCUT2D eigenvalue weighted by Gasteiger charge is -2.20. The van der Waals surface area contributed by atoms with Crippen LogP contribution in [0.5, 0.6) is 0 Å². The molecule has 0 bridgehead atoms. The number of amides is 1. The van der Waals surface area contributed by atoms with Crippen LogP contribution in [0.2, 0.25) is 0 Å². The van der Waals surface area contributed by atoms with E-state index in [1.165, 1.54) is 4.90 Å². The van der Waals surface area contributed by atoms with Crippen molar-refractivity contribution in [2.75, 3.05) is 10.7 Å². The zero-order chi connectivity index (χ0) is 15.6. The molecule has 2 aromatic rings. The summed E-state index contributed by atoms with van der Waals surface area (Å²) in [6, 6.07) is 18.3. The molecule has 5 heteroatoms. The van der Waals surface area contributed by atoms with Gasteiger partial charge < -0.3 is 0 Å². The average Bonchev–Trinajstić information content (AvgIpc) is 2.75. The van der Waals surface area contributed by atoms with Gasteiger partial charge in [-0.05, 0) is 23.8 Å². The number of hydrogen-bond donors (Lipinski definition) is 0. The Labute approximate surface area is 129 Å². The Kier molecular flexibility index (Phi) is 3.81. The van der Waals surface area contributed by atoms with Gasteiger partial charge in [0.15, 0.2) is 15.2 Å². The Balaban J connectivity index is 1.98. The van der Waals surface area contributed by atoms with E-state index >= 15 is 0 Å². The Bertz CT molecular complexity index is 798. The maximum absolute atomic E-state index is 12.3. The zero-order valence-electron chi connectivity index (χ0n) is 11.8. The van der Waals surface area contributed by atoms with E-state index in [0.29, 0.717) is 5.69 Å². The number of para-hydroxylation sites is 1. The van der Waals surface area contributed by atoms with E-state index < -0.39 is 26.9 Å². The van der Waals surface area contributed by atoms with Crippen LogP contribution in [0.15, 0.2) is 66.7 Å². The van der Waals surface area contributed by atoms with Crippen LogP contribution in [-0.4, -0.2) is 25.5 Å². The minimum atomic E-state index is -3.51. The summed E-state index contributed by atoms with van der Waals surface area (Å²) in [5.41, 5.74) is 1.49. The third-order valence-corrected chi connectivity index (χ3v) is 5.26. The molecule has 1 aliphatic heterocycles. The predicted molar refractivity (Wildman–Crippen MR) is 87.0 cm³/mol.